The van der Waals surface area contributed by atoms with Gasteiger partial charge in [0.1, 0.15) is 0 Å². The fraction of sp³-hybridized carbons (Fsp3) is 0.0741. The van der Waals surface area contributed by atoms with Crippen molar-refractivity contribution in [2.75, 3.05) is 4.31 Å². The maximum Gasteiger partial charge on any atom is 0.273 e. The van der Waals surface area contributed by atoms with E-state index >= 15 is 0 Å². The summed E-state index contributed by atoms with van der Waals surface area (Å²) in [5.74, 6) is -0.595. The van der Waals surface area contributed by atoms with Crippen molar-refractivity contribution in [1.82, 2.24) is 0 Å². The van der Waals surface area contributed by atoms with Crippen molar-refractivity contribution >= 4 is 55.0 Å². The van der Waals surface area contributed by atoms with Gasteiger partial charge in [-0.05, 0) is 71.2 Å². The predicted molar refractivity (Wildman–Crippen MR) is 142 cm³/mol. The van der Waals surface area contributed by atoms with Gasteiger partial charge in [-0.15, -0.1) is 6.58 Å². The zero-order valence-electron chi connectivity index (χ0n) is 18.0. The van der Waals surface area contributed by atoms with Crippen LogP contribution in [-0.4, -0.2) is 14.3 Å². The molecule has 4 rings (SSSR count). The molecule has 0 atom stereocenters. The number of amides is 1. The van der Waals surface area contributed by atoms with Crippen LogP contribution in [0.1, 0.15) is 21.5 Å². The molecule has 0 radical (unpaired) electrons. The van der Waals surface area contributed by atoms with Gasteiger partial charge in [-0.3, -0.25) is 4.79 Å². The van der Waals surface area contributed by atoms with Crippen LogP contribution in [0.4, 0.5) is 5.69 Å². The van der Waals surface area contributed by atoms with Gasteiger partial charge in [0.25, 0.3) is 15.9 Å². The second kappa shape index (κ2) is 9.49. The van der Waals surface area contributed by atoms with Gasteiger partial charge in [0.15, 0.2) is 0 Å². The molecule has 0 saturated carbocycles. The highest BCUT2D eigenvalue weighted by Gasteiger charge is 2.35. The van der Waals surface area contributed by atoms with E-state index in [2.05, 4.69) is 29.2 Å². The Labute approximate surface area is 207 Å². The average Bonchev–Trinajstić information content (AvgIpc) is 2.81. The lowest BCUT2D eigenvalue weighted by atomic mass is 10.0. The van der Waals surface area contributed by atoms with Crippen LogP contribution >= 0.6 is 22.6 Å². The minimum absolute atomic E-state index is 0.0601. The molecule has 33 heavy (non-hydrogen) atoms. The van der Waals surface area contributed by atoms with Crippen molar-refractivity contribution < 1.29 is 13.2 Å². The number of halogens is 1. The van der Waals surface area contributed by atoms with Crippen LogP contribution in [0.3, 0.4) is 0 Å². The SMILES string of the molecule is C=CCc1ccc2ccccc2c1N(C(=O)c1ccccc1I)S(=O)(=O)c1ccc(C)cc1. The van der Waals surface area contributed by atoms with Crippen molar-refractivity contribution in [1.29, 1.82) is 0 Å². The Morgan fingerprint density at radius 2 is 1.61 bits per heavy atom. The number of rotatable bonds is 6. The van der Waals surface area contributed by atoms with Crippen LogP contribution in [-0.2, 0) is 16.4 Å². The maximum absolute atomic E-state index is 14.0. The smallest absolute Gasteiger partial charge is 0.268 e. The van der Waals surface area contributed by atoms with E-state index in [1.807, 2.05) is 49.4 Å². The number of allylic oxidation sites excluding steroid dienone is 1. The monoisotopic (exact) mass is 567 g/mol. The molecule has 0 spiro atoms. The van der Waals surface area contributed by atoms with E-state index in [1.54, 1.807) is 48.5 Å². The van der Waals surface area contributed by atoms with E-state index in [9.17, 15) is 13.2 Å². The van der Waals surface area contributed by atoms with Crippen LogP contribution in [0.15, 0.2) is 102 Å². The first-order valence-corrected chi connectivity index (χ1v) is 12.9. The molecule has 0 aromatic heterocycles. The Morgan fingerprint density at radius 1 is 0.939 bits per heavy atom. The van der Waals surface area contributed by atoms with E-state index in [1.165, 1.54) is 0 Å². The lowest BCUT2D eigenvalue weighted by molar-refractivity contribution is 0.100. The molecule has 166 valence electrons. The lowest BCUT2D eigenvalue weighted by Gasteiger charge is -2.27. The number of carbonyl (C=O) groups excluding carboxylic acids is 1. The fourth-order valence-electron chi connectivity index (χ4n) is 3.75. The van der Waals surface area contributed by atoms with Crippen LogP contribution in [0, 0.1) is 10.5 Å². The van der Waals surface area contributed by atoms with Crippen molar-refractivity contribution in [3.8, 4) is 0 Å². The molecule has 0 aliphatic heterocycles. The van der Waals surface area contributed by atoms with Gasteiger partial charge in [-0.1, -0.05) is 72.3 Å². The number of carbonyl (C=O) groups is 1. The molecule has 0 aliphatic rings. The number of aryl methyl sites for hydroxylation is 1. The van der Waals surface area contributed by atoms with E-state index in [-0.39, 0.29) is 4.90 Å². The largest absolute Gasteiger partial charge is 0.273 e. The van der Waals surface area contributed by atoms with Crippen molar-refractivity contribution in [3.63, 3.8) is 0 Å². The average molecular weight is 567 g/mol. The molecular weight excluding hydrogens is 545 g/mol. The Morgan fingerprint density at radius 3 is 2.30 bits per heavy atom. The quantitative estimate of drug-likeness (QED) is 0.197. The van der Waals surface area contributed by atoms with Crippen molar-refractivity contribution in [2.45, 2.75) is 18.2 Å². The van der Waals surface area contributed by atoms with Crippen molar-refractivity contribution in [2.24, 2.45) is 0 Å². The summed E-state index contributed by atoms with van der Waals surface area (Å²) in [5, 5.41) is 1.53. The zero-order chi connectivity index (χ0) is 23.6. The third kappa shape index (κ3) is 4.45. The number of sulfonamides is 1. The van der Waals surface area contributed by atoms with Gasteiger partial charge in [-0.2, -0.15) is 4.31 Å². The Bertz CT molecular complexity index is 1460. The highest BCUT2D eigenvalue weighted by molar-refractivity contribution is 14.1. The maximum atomic E-state index is 14.0. The molecule has 4 aromatic carbocycles. The van der Waals surface area contributed by atoms with Gasteiger partial charge in [-0.25, -0.2) is 8.42 Å². The number of fused-ring (bicyclic) bond motifs is 1. The van der Waals surface area contributed by atoms with E-state index in [0.717, 1.165) is 15.3 Å². The molecule has 0 unspecified atom stereocenters. The van der Waals surface area contributed by atoms with Crippen molar-refractivity contribution in [3.05, 3.63) is 118 Å². The molecule has 4 aromatic rings. The second-order valence-corrected chi connectivity index (χ2v) is 10.6. The summed E-state index contributed by atoms with van der Waals surface area (Å²) in [6, 6.07) is 24.8. The standard InChI is InChI=1S/C27H22INO3S/c1-3-8-21-16-15-20-9-4-5-10-23(20)26(21)29(27(30)24-11-6-7-12-25(24)28)33(31,32)22-17-13-19(2)14-18-22/h3-7,9-18H,1,8H2,2H3. The van der Waals surface area contributed by atoms with Crippen LogP contribution in [0.2, 0.25) is 0 Å². The molecule has 0 N–H and O–H groups in total. The first-order valence-electron chi connectivity index (χ1n) is 10.4. The Kier molecular flexibility index (Phi) is 6.67. The molecule has 0 heterocycles. The highest BCUT2D eigenvalue weighted by atomic mass is 127. The van der Waals surface area contributed by atoms with Crippen LogP contribution < -0.4 is 4.31 Å². The third-order valence-electron chi connectivity index (χ3n) is 5.40. The summed E-state index contributed by atoms with van der Waals surface area (Å²) in [4.78, 5) is 14.0. The molecule has 0 bridgehead atoms. The fourth-order valence-corrected chi connectivity index (χ4v) is 5.83. The highest BCUT2D eigenvalue weighted by Crippen LogP contribution is 2.36. The number of anilines is 1. The van der Waals surface area contributed by atoms with Gasteiger partial charge < -0.3 is 0 Å². The molecule has 0 saturated heterocycles. The molecular formula is C27H22INO3S. The van der Waals surface area contributed by atoms with Gasteiger partial charge in [0.05, 0.1) is 16.1 Å². The van der Waals surface area contributed by atoms with E-state index in [4.69, 9.17) is 0 Å². The van der Waals surface area contributed by atoms with Gasteiger partial charge in [0, 0.05) is 8.96 Å². The topological polar surface area (TPSA) is 54.5 Å². The molecule has 6 heteroatoms. The summed E-state index contributed by atoms with van der Waals surface area (Å²) in [7, 11) is -4.22. The number of nitrogens with zero attached hydrogens (tertiary/aromatic N) is 1. The van der Waals surface area contributed by atoms with Crippen LogP contribution in [0.5, 0.6) is 0 Å². The lowest BCUT2D eigenvalue weighted by Crippen LogP contribution is -2.38. The van der Waals surface area contributed by atoms with Gasteiger partial charge >= 0.3 is 0 Å². The third-order valence-corrected chi connectivity index (χ3v) is 8.04. The predicted octanol–water partition coefficient (Wildman–Crippen LogP) is 6.52. The molecule has 0 fully saturated rings. The second-order valence-electron chi connectivity index (χ2n) is 7.65. The first-order chi connectivity index (χ1) is 15.8. The molecule has 0 aliphatic carbocycles. The molecule has 4 nitrogen and oxygen atoms in total. The summed E-state index contributed by atoms with van der Waals surface area (Å²) in [6.45, 7) is 5.72. The zero-order valence-corrected chi connectivity index (χ0v) is 21.0. The summed E-state index contributed by atoms with van der Waals surface area (Å²) >= 11 is 2.06. The van der Waals surface area contributed by atoms with Crippen LogP contribution in [0.25, 0.3) is 10.8 Å². The minimum Gasteiger partial charge on any atom is -0.268 e. The van der Waals surface area contributed by atoms with E-state index < -0.39 is 15.9 Å². The Hall–Kier alpha value is -2.97. The summed E-state index contributed by atoms with van der Waals surface area (Å²) in [6.07, 6.45) is 2.13. The summed E-state index contributed by atoms with van der Waals surface area (Å²) < 4.78 is 29.7. The van der Waals surface area contributed by atoms with Gasteiger partial charge in [0.2, 0.25) is 0 Å². The van der Waals surface area contributed by atoms with E-state index in [0.29, 0.717) is 32.2 Å². The minimum atomic E-state index is -4.22. The Balaban J connectivity index is 2.07. The first kappa shape index (κ1) is 23.2. The normalized spacial score (nSPS) is 11.3. The summed E-state index contributed by atoms with van der Waals surface area (Å²) in [5.41, 5.74) is 2.32. The number of hydrogen-bond acceptors (Lipinski definition) is 3. The number of benzene rings is 4. The number of hydrogen-bond donors (Lipinski definition) is 0. The molecule has 1 amide bonds.